The van der Waals surface area contributed by atoms with Gasteiger partial charge < -0.3 is 10.2 Å². The minimum atomic E-state index is 0. The maximum atomic E-state index is 13.1. The Morgan fingerprint density at radius 2 is 1.52 bits per heavy atom. The summed E-state index contributed by atoms with van der Waals surface area (Å²) >= 11 is 0. The number of nitrogens with one attached hydrogen (secondary N) is 1. The van der Waals surface area contributed by atoms with Crippen LogP contribution in [0.3, 0.4) is 0 Å². The average molecular weight is 385 g/mol. The molecule has 2 aliphatic rings. The maximum absolute atomic E-state index is 13.1. The van der Waals surface area contributed by atoms with E-state index in [0.29, 0.717) is 37.3 Å². The van der Waals surface area contributed by atoms with Gasteiger partial charge in [0.25, 0.3) is 0 Å². The fourth-order valence-corrected chi connectivity index (χ4v) is 4.47. The lowest BCUT2D eigenvalue weighted by Gasteiger charge is -2.30. The van der Waals surface area contributed by atoms with Crippen molar-refractivity contribution >= 4 is 18.3 Å². The molecule has 1 atom stereocenters. The van der Waals surface area contributed by atoms with E-state index in [2.05, 4.69) is 65.7 Å². The second-order valence-corrected chi connectivity index (χ2v) is 7.83. The first-order chi connectivity index (χ1) is 12.7. The van der Waals surface area contributed by atoms with Gasteiger partial charge in [-0.05, 0) is 60.0 Å². The fraction of sp³-hybridized carbons (Fsp3) is 0.435. The number of carbonyl (C=O) groups is 1. The summed E-state index contributed by atoms with van der Waals surface area (Å²) in [7, 11) is 0. The second-order valence-electron chi connectivity index (χ2n) is 7.83. The van der Waals surface area contributed by atoms with Crippen LogP contribution < -0.4 is 5.32 Å². The summed E-state index contributed by atoms with van der Waals surface area (Å²) in [5.41, 5.74) is 5.04. The lowest BCUT2D eigenvalue weighted by Crippen LogP contribution is -2.35. The number of nitrogens with zero attached hydrogens (tertiary/aromatic N) is 1. The van der Waals surface area contributed by atoms with Gasteiger partial charge in [-0.2, -0.15) is 0 Å². The zero-order valence-corrected chi connectivity index (χ0v) is 16.8. The molecule has 144 valence electrons. The first-order valence-corrected chi connectivity index (χ1v) is 9.87. The van der Waals surface area contributed by atoms with E-state index in [1.54, 1.807) is 0 Å². The molecule has 3 nitrogen and oxygen atoms in total. The van der Waals surface area contributed by atoms with Crippen molar-refractivity contribution in [3.63, 3.8) is 0 Å². The highest BCUT2D eigenvalue weighted by molar-refractivity contribution is 5.85. The number of benzene rings is 2. The normalized spacial score (nSPS) is 17.9. The van der Waals surface area contributed by atoms with E-state index in [1.807, 2.05) is 0 Å². The molecule has 2 heterocycles. The first-order valence-electron chi connectivity index (χ1n) is 9.87. The van der Waals surface area contributed by atoms with Crippen LogP contribution in [0, 0.1) is 11.8 Å². The van der Waals surface area contributed by atoms with Gasteiger partial charge in [0, 0.05) is 19.5 Å². The Bertz CT molecular complexity index is 738. The molecule has 4 rings (SSSR count). The van der Waals surface area contributed by atoms with Crippen LogP contribution in [0.2, 0.25) is 0 Å². The largest absolute Gasteiger partial charge is 0.334 e. The Morgan fingerprint density at radius 1 is 1.00 bits per heavy atom. The molecule has 1 saturated heterocycles. The zero-order chi connectivity index (χ0) is 17.9. The lowest BCUT2D eigenvalue weighted by molar-refractivity contribution is -0.133. The summed E-state index contributed by atoms with van der Waals surface area (Å²) in [5.74, 6) is 1.42. The van der Waals surface area contributed by atoms with Crippen molar-refractivity contribution in [1.82, 2.24) is 10.2 Å². The van der Waals surface area contributed by atoms with Crippen molar-refractivity contribution in [2.24, 2.45) is 11.8 Å². The third-order valence-corrected chi connectivity index (χ3v) is 6.09. The van der Waals surface area contributed by atoms with Crippen LogP contribution in [-0.4, -0.2) is 23.9 Å². The molecule has 2 aliphatic heterocycles. The lowest BCUT2D eigenvalue weighted by atomic mass is 9.84. The molecule has 0 saturated carbocycles. The molecule has 0 spiro atoms. The topological polar surface area (TPSA) is 32.3 Å². The van der Waals surface area contributed by atoms with Gasteiger partial charge in [-0.25, -0.2) is 0 Å². The van der Waals surface area contributed by atoms with E-state index in [0.717, 1.165) is 13.1 Å². The fourth-order valence-electron chi connectivity index (χ4n) is 4.47. The quantitative estimate of drug-likeness (QED) is 0.835. The predicted octanol–water partition coefficient (Wildman–Crippen LogP) is 4.64. The van der Waals surface area contributed by atoms with Crippen LogP contribution in [0.15, 0.2) is 48.5 Å². The van der Waals surface area contributed by atoms with Crippen LogP contribution in [-0.2, 0) is 17.9 Å². The standard InChI is InChI=1S/C23H28N2O.ClH/c1-17(18-10-12-24-13-11-18)14-23(26)25-15-19-6-2-4-8-21(19)22-9-5-3-7-20(22)16-25;/h2-9,17-18,24H,10-16H2,1H3;1H. The zero-order valence-electron chi connectivity index (χ0n) is 16.0. The summed E-state index contributed by atoms with van der Waals surface area (Å²) in [4.78, 5) is 15.2. The van der Waals surface area contributed by atoms with Crippen molar-refractivity contribution in [3.05, 3.63) is 59.7 Å². The summed E-state index contributed by atoms with van der Waals surface area (Å²) in [6, 6.07) is 17.0. The molecule has 2 aromatic carbocycles. The van der Waals surface area contributed by atoms with Crippen molar-refractivity contribution in [2.45, 2.75) is 39.3 Å². The summed E-state index contributed by atoms with van der Waals surface area (Å²) in [5, 5.41) is 3.42. The molecule has 0 bridgehead atoms. The van der Waals surface area contributed by atoms with Crippen molar-refractivity contribution in [1.29, 1.82) is 0 Å². The van der Waals surface area contributed by atoms with Crippen LogP contribution in [0.4, 0.5) is 0 Å². The Morgan fingerprint density at radius 3 is 2.07 bits per heavy atom. The number of amides is 1. The molecule has 0 aliphatic carbocycles. The van der Waals surface area contributed by atoms with Gasteiger partial charge in [0.1, 0.15) is 0 Å². The van der Waals surface area contributed by atoms with E-state index in [-0.39, 0.29) is 12.4 Å². The number of rotatable bonds is 3. The summed E-state index contributed by atoms with van der Waals surface area (Å²) in [6.07, 6.45) is 3.05. The van der Waals surface area contributed by atoms with Gasteiger partial charge in [0.2, 0.25) is 5.91 Å². The average Bonchev–Trinajstić information content (AvgIpc) is 2.85. The van der Waals surface area contributed by atoms with Crippen molar-refractivity contribution < 1.29 is 4.79 Å². The van der Waals surface area contributed by atoms with Crippen LogP contribution in [0.1, 0.15) is 37.3 Å². The number of fused-ring (bicyclic) bond motifs is 3. The first kappa shape index (κ1) is 19.9. The smallest absolute Gasteiger partial charge is 0.223 e. The van der Waals surface area contributed by atoms with E-state index >= 15 is 0 Å². The molecule has 0 aromatic heterocycles. The van der Waals surface area contributed by atoms with Crippen LogP contribution >= 0.6 is 12.4 Å². The van der Waals surface area contributed by atoms with Gasteiger partial charge in [-0.1, -0.05) is 55.5 Å². The molecule has 1 fully saturated rings. The second kappa shape index (κ2) is 8.90. The van der Waals surface area contributed by atoms with Crippen molar-refractivity contribution in [2.75, 3.05) is 13.1 Å². The minimum Gasteiger partial charge on any atom is -0.334 e. The minimum absolute atomic E-state index is 0. The summed E-state index contributed by atoms with van der Waals surface area (Å²) < 4.78 is 0. The number of halogens is 1. The molecule has 27 heavy (non-hydrogen) atoms. The van der Waals surface area contributed by atoms with E-state index < -0.39 is 0 Å². The Kier molecular flexibility index (Phi) is 6.56. The highest BCUT2D eigenvalue weighted by Gasteiger charge is 2.26. The Hall–Kier alpha value is -1.84. The predicted molar refractivity (Wildman–Crippen MR) is 113 cm³/mol. The van der Waals surface area contributed by atoms with Crippen LogP contribution in [0.5, 0.6) is 0 Å². The molecule has 0 radical (unpaired) electrons. The number of hydrogen-bond acceptors (Lipinski definition) is 2. The molecule has 1 unspecified atom stereocenters. The highest BCUT2D eigenvalue weighted by Crippen LogP contribution is 2.33. The Balaban J connectivity index is 0.00000210. The summed E-state index contributed by atoms with van der Waals surface area (Å²) in [6.45, 7) is 5.86. The van der Waals surface area contributed by atoms with Crippen molar-refractivity contribution in [3.8, 4) is 11.1 Å². The van der Waals surface area contributed by atoms with Crippen LogP contribution in [0.25, 0.3) is 11.1 Å². The molecular formula is C23H29ClN2O. The molecule has 1 N–H and O–H groups in total. The monoisotopic (exact) mass is 384 g/mol. The Labute approximate surface area is 168 Å². The van der Waals surface area contributed by atoms with Gasteiger partial charge in [-0.3, -0.25) is 4.79 Å². The number of piperidine rings is 1. The van der Waals surface area contributed by atoms with Gasteiger partial charge in [-0.15, -0.1) is 12.4 Å². The van der Waals surface area contributed by atoms with E-state index in [1.165, 1.54) is 35.1 Å². The molecular weight excluding hydrogens is 356 g/mol. The number of hydrogen-bond donors (Lipinski definition) is 1. The van der Waals surface area contributed by atoms with Gasteiger partial charge >= 0.3 is 0 Å². The van der Waals surface area contributed by atoms with Gasteiger partial charge in [0.15, 0.2) is 0 Å². The maximum Gasteiger partial charge on any atom is 0.223 e. The van der Waals surface area contributed by atoms with Gasteiger partial charge in [0.05, 0.1) is 0 Å². The third-order valence-electron chi connectivity index (χ3n) is 6.09. The SMILES string of the molecule is CC(CC(=O)N1Cc2ccccc2-c2ccccc2C1)C1CCNCC1.Cl. The van der Waals surface area contributed by atoms with E-state index in [4.69, 9.17) is 0 Å². The molecule has 2 aromatic rings. The molecule has 1 amide bonds. The van der Waals surface area contributed by atoms with E-state index in [9.17, 15) is 4.79 Å². The number of carbonyl (C=O) groups excluding carboxylic acids is 1. The molecule has 4 heteroatoms. The third kappa shape index (κ3) is 4.36. The highest BCUT2D eigenvalue weighted by atomic mass is 35.5.